The minimum atomic E-state index is 0.749. The van der Waals surface area contributed by atoms with Crippen molar-refractivity contribution in [1.29, 1.82) is 0 Å². The highest BCUT2D eigenvalue weighted by molar-refractivity contribution is 9.10. The molecule has 0 aliphatic carbocycles. The van der Waals surface area contributed by atoms with Crippen LogP contribution < -0.4 is 10.2 Å². The van der Waals surface area contributed by atoms with Gasteiger partial charge in [0.1, 0.15) is 0 Å². The molecule has 1 aromatic rings. The highest BCUT2D eigenvalue weighted by Crippen LogP contribution is 2.25. The summed E-state index contributed by atoms with van der Waals surface area (Å²) in [4.78, 5) is 2.33. The quantitative estimate of drug-likeness (QED) is 0.838. The van der Waals surface area contributed by atoms with Crippen molar-refractivity contribution in [3.63, 3.8) is 0 Å². The molecule has 0 radical (unpaired) electrons. The largest absolute Gasteiger partial charge is 0.383 e. The zero-order valence-corrected chi connectivity index (χ0v) is 12.4. The zero-order valence-electron chi connectivity index (χ0n) is 10.8. The zero-order chi connectivity index (χ0) is 12.7. The number of likely N-dealkylation sites (N-methyl/N-ethyl adjacent to an activating group) is 1. The van der Waals surface area contributed by atoms with Crippen molar-refractivity contribution in [1.82, 2.24) is 5.32 Å². The van der Waals surface area contributed by atoms with E-state index in [0.717, 1.165) is 30.7 Å². The molecule has 0 aromatic heterocycles. The van der Waals surface area contributed by atoms with Crippen molar-refractivity contribution in [3.05, 3.63) is 28.2 Å². The molecular weight excluding hydrogens is 280 g/mol. The van der Waals surface area contributed by atoms with Gasteiger partial charge in [0.25, 0.3) is 0 Å². The van der Waals surface area contributed by atoms with Crippen LogP contribution in [0.4, 0.5) is 5.69 Å². The summed E-state index contributed by atoms with van der Waals surface area (Å²) in [5.74, 6) is 0. The van der Waals surface area contributed by atoms with E-state index < -0.39 is 0 Å². The minimum Gasteiger partial charge on any atom is -0.383 e. The van der Waals surface area contributed by atoms with Crippen LogP contribution in [-0.2, 0) is 11.3 Å². The fraction of sp³-hybridized carbons (Fsp3) is 0.538. The molecule has 0 saturated heterocycles. The summed E-state index contributed by atoms with van der Waals surface area (Å²) in [5.41, 5.74) is 2.59. The van der Waals surface area contributed by atoms with Crippen molar-refractivity contribution < 1.29 is 4.74 Å². The lowest BCUT2D eigenvalue weighted by Gasteiger charge is -2.25. The maximum atomic E-state index is 5.16. The second-order valence-electron chi connectivity index (χ2n) is 3.88. The molecule has 4 heteroatoms. The third-order valence-corrected chi connectivity index (χ3v) is 3.20. The Labute approximate surface area is 112 Å². The van der Waals surface area contributed by atoms with Crippen molar-refractivity contribution >= 4 is 21.6 Å². The molecule has 0 spiro atoms. The average molecular weight is 301 g/mol. The van der Waals surface area contributed by atoms with E-state index >= 15 is 0 Å². The van der Waals surface area contributed by atoms with E-state index in [1.807, 2.05) is 7.05 Å². The molecule has 0 unspecified atom stereocenters. The SMILES string of the molecule is CCN(CCOC)c1cc(Br)ccc1CNC. The second kappa shape index (κ2) is 7.69. The molecule has 1 aromatic carbocycles. The van der Waals surface area contributed by atoms with E-state index in [-0.39, 0.29) is 0 Å². The predicted octanol–water partition coefficient (Wildman–Crippen LogP) is 2.64. The Kier molecular flexibility index (Phi) is 6.55. The molecule has 0 heterocycles. The van der Waals surface area contributed by atoms with E-state index in [0.29, 0.717) is 0 Å². The van der Waals surface area contributed by atoms with Crippen molar-refractivity contribution in [3.8, 4) is 0 Å². The lowest BCUT2D eigenvalue weighted by atomic mass is 10.1. The maximum absolute atomic E-state index is 5.16. The van der Waals surface area contributed by atoms with Crippen LogP contribution in [0.3, 0.4) is 0 Å². The summed E-state index contributed by atoms with van der Waals surface area (Å²) < 4.78 is 6.27. The summed E-state index contributed by atoms with van der Waals surface area (Å²) in [6, 6.07) is 6.41. The van der Waals surface area contributed by atoms with E-state index in [2.05, 4.69) is 51.3 Å². The number of rotatable bonds is 7. The minimum absolute atomic E-state index is 0.749. The lowest BCUT2D eigenvalue weighted by Crippen LogP contribution is -2.28. The Balaban J connectivity index is 2.93. The van der Waals surface area contributed by atoms with Gasteiger partial charge in [-0.25, -0.2) is 0 Å². The molecule has 0 aliphatic rings. The highest BCUT2D eigenvalue weighted by Gasteiger charge is 2.09. The van der Waals surface area contributed by atoms with Gasteiger partial charge in [-0.05, 0) is 31.7 Å². The molecule has 96 valence electrons. The van der Waals surface area contributed by atoms with E-state index in [9.17, 15) is 0 Å². The summed E-state index contributed by atoms with van der Waals surface area (Å²) in [6.07, 6.45) is 0. The summed E-state index contributed by atoms with van der Waals surface area (Å²) in [6.45, 7) is 5.70. The van der Waals surface area contributed by atoms with Gasteiger partial charge < -0.3 is 15.0 Å². The smallest absolute Gasteiger partial charge is 0.0637 e. The van der Waals surface area contributed by atoms with Crippen molar-refractivity contribution in [2.45, 2.75) is 13.5 Å². The Hall–Kier alpha value is -0.580. The summed E-state index contributed by atoms with van der Waals surface area (Å²) in [7, 11) is 3.71. The van der Waals surface area contributed by atoms with Gasteiger partial charge in [0.15, 0.2) is 0 Å². The second-order valence-corrected chi connectivity index (χ2v) is 4.79. The van der Waals surface area contributed by atoms with Gasteiger partial charge >= 0.3 is 0 Å². The molecular formula is C13H21BrN2O. The fourth-order valence-corrected chi connectivity index (χ4v) is 2.17. The third kappa shape index (κ3) is 4.30. The van der Waals surface area contributed by atoms with Crippen LogP contribution in [-0.4, -0.2) is 33.9 Å². The number of nitrogens with one attached hydrogen (secondary N) is 1. The molecule has 1 rings (SSSR count). The number of hydrogen-bond donors (Lipinski definition) is 1. The first kappa shape index (κ1) is 14.5. The van der Waals surface area contributed by atoms with Crippen LogP contribution in [0, 0.1) is 0 Å². The number of anilines is 1. The number of hydrogen-bond acceptors (Lipinski definition) is 3. The van der Waals surface area contributed by atoms with Crippen LogP contribution in [0.2, 0.25) is 0 Å². The average Bonchev–Trinajstić information content (AvgIpc) is 2.33. The molecule has 0 aliphatic heterocycles. The molecule has 17 heavy (non-hydrogen) atoms. The Bertz CT molecular complexity index is 344. The van der Waals surface area contributed by atoms with Crippen LogP contribution >= 0.6 is 15.9 Å². The van der Waals surface area contributed by atoms with E-state index in [4.69, 9.17) is 4.74 Å². The summed E-state index contributed by atoms with van der Waals surface area (Å²) >= 11 is 3.53. The predicted molar refractivity (Wildman–Crippen MR) is 76.7 cm³/mol. The van der Waals surface area contributed by atoms with E-state index in [1.54, 1.807) is 7.11 Å². The number of ether oxygens (including phenoxy) is 1. The van der Waals surface area contributed by atoms with Gasteiger partial charge in [0.2, 0.25) is 0 Å². The normalized spacial score (nSPS) is 10.6. The van der Waals surface area contributed by atoms with E-state index in [1.165, 1.54) is 11.3 Å². The Morgan fingerprint density at radius 3 is 2.76 bits per heavy atom. The number of benzene rings is 1. The van der Waals surface area contributed by atoms with Crippen LogP contribution in [0.25, 0.3) is 0 Å². The molecule has 0 amide bonds. The third-order valence-electron chi connectivity index (χ3n) is 2.70. The van der Waals surface area contributed by atoms with Gasteiger partial charge in [-0.2, -0.15) is 0 Å². The number of nitrogens with zero attached hydrogens (tertiary/aromatic N) is 1. The first-order chi connectivity index (χ1) is 8.22. The maximum Gasteiger partial charge on any atom is 0.0637 e. The Morgan fingerprint density at radius 2 is 2.18 bits per heavy atom. The molecule has 3 nitrogen and oxygen atoms in total. The number of methoxy groups -OCH3 is 1. The molecule has 0 atom stereocenters. The Morgan fingerprint density at radius 1 is 1.41 bits per heavy atom. The summed E-state index contributed by atoms with van der Waals surface area (Å²) in [5, 5.41) is 3.21. The molecule has 1 N–H and O–H groups in total. The number of halogens is 1. The lowest BCUT2D eigenvalue weighted by molar-refractivity contribution is 0.205. The van der Waals surface area contributed by atoms with Crippen LogP contribution in [0.1, 0.15) is 12.5 Å². The molecule has 0 fully saturated rings. The molecule has 0 saturated carbocycles. The first-order valence-corrected chi connectivity index (χ1v) is 6.69. The topological polar surface area (TPSA) is 24.5 Å². The van der Waals surface area contributed by atoms with Crippen molar-refractivity contribution in [2.24, 2.45) is 0 Å². The van der Waals surface area contributed by atoms with Gasteiger partial charge in [-0.3, -0.25) is 0 Å². The monoisotopic (exact) mass is 300 g/mol. The van der Waals surface area contributed by atoms with Gasteiger partial charge in [0, 0.05) is 36.9 Å². The fourth-order valence-electron chi connectivity index (χ4n) is 1.82. The first-order valence-electron chi connectivity index (χ1n) is 5.89. The van der Waals surface area contributed by atoms with Gasteiger partial charge in [-0.15, -0.1) is 0 Å². The highest BCUT2D eigenvalue weighted by atomic mass is 79.9. The van der Waals surface area contributed by atoms with Gasteiger partial charge in [-0.1, -0.05) is 22.0 Å². The molecule has 0 bridgehead atoms. The van der Waals surface area contributed by atoms with Crippen molar-refractivity contribution in [2.75, 3.05) is 38.8 Å². The van der Waals surface area contributed by atoms with Gasteiger partial charge in [0.05, 0.1) is 6.61 Å². The van der Waals surface area contributed by atoms with Crippen LogP contribution in [0.5, 0.6) is 0 Å². The van der Waals surface area contributed by atoms with Crippen LogP contribution in [0.15, 0.2) is 22.7 Å². The standard InChI is InChI=1S/C13H21BrN2O/c1-4-16(7-8-17-3)13-9-12(14)6-5-11(13)10-15-2/h5-6,9,15H,4,7-8,10H2,1-3H3.